The second-order valence-electron chi connectivity index (χ2n) is 6.90. The second-order valence-corrected chi connectivity index (χ2v) is 6.90. The lowest BCUT2D eigenvalue weighted by molar-refractivity contribution is 0.262. The predicted octanol–water partition coefficient (Wildman–Crippen LogP) is 4.87. The molecule has 1 heteroatoms. The van der Waals surface area contributed by atoms with E-state index in [4.69, 9.17) is 0 Å². The van der Waals surface area contributed by atoms with Crippen LogP contribution in [0, 0.1) is 11.8 Å². The van der Waals surface area contributed by atoms with E-state index in [2.05, 4.69) is 36.5 Å². The molecule has 2 fully saturated rings. The molecule has 1 aromatic rings. The summed E-state index contributed by atoms with van der Waals surface area (Å²) >= 11 is 0. The van der Waals surface area contributed by atoms with Gasteiger partial charge in [-0.25, -0.2) is 0 Å². The molecule has 2 aliphatic rings. The van der Waals surface area contributed by atoms with Crippen molar-refractivity contribution in [1.82, 2.24) is 5.32 Å². The maximum atomic E-state index is 3.73. The van der Waals surface area contributed by atoms with E-state index in [1.54, 1.807) is 5.56 Å². The summed E-state index contributed by atoms with van der Waals surface area (Å²) in [6.45, 7) is 4.63. The molecule has 0 saturated heterocycles. The average molecular weight is 271 g/mol. The first-order valence-corrected chi connectivity index (χ1v) is 8.65. The summed E-state index contributed by atoms with van der Waals surface area (Å²) in [4.78, 5) is 0. The van der Waals surface area contributed by atoms with Gasteiger partial charge < -0.3 is 5.32 Å². The highest BCUT2D eigenvalue weighted by atomic mass is 14.9. The van der Waals surface area contributed by atoms with Crippen molar-refractivity contribution in [2.45, 2.75) is 64.3 Å². The molecule has 0 amide bonds. The number of nitrogens with one attached hydrogen (secondary N) is 1. The van der Waals surface area contributed by atoms with Crippen LogP contribution in [-0.4, -0.2) is 6.54 Å². The summed E-state index contributed by atoms with van der Waals surface area (Å²) in [5, 5.41) is 3.73. The van der Waals surface area contributed by atoms with E-state index in [1.807, 2.05) is 0 Å². The molecule has 110 valence electrons. The lowest BCUT2D eigenvalue weighted by Crippen LogP contribution is -2.26. The first-order chi connectivity index (χ1) is 9.86. The minimum absolute atomic E-state index is 0.869. The van der Waals surface area contributed by atoms with Crippen LogP contribution in [0.1, 0.15) is 68.9 Å². The highest BCUT2D eigenvalue weighted by Crippen LogP contribution is 2.41. The van der Waals surface area contributed by atoms with Crippen LogP contribution in [0.25, 0.3) is 0 Å². The average Bonchev–Trinajstić information content (AvgIpc) is 3.33. The molecule has 3 rings (SSSR count). The number of benzene rings is 1. The van der Waals surface area contributed by atoms with Crippen molar-refractivity contribution >= 4 is 0 Å². The van der Waals surface area contributed by atoms with Crippen molar-refractivity contribution in [1.29, 1.82) is 0 Å². The smallest absolute Gasteiger partial charge is 0.0208 e. The summed E-state index contributed by atoms with van der Waals surface area (Å²) in [5.74, 6) is 2.81. The molecule has 0 heterocycles. The Bertz CT molecular complexity index is 414. The number of rotatable bonds is 6. The Kier molecular flexibility index (Phi) is 4.77. The second kappa shape index (κ2) is 6.76. The summed E-state index contributed by atoms with van der Waals surface area (Å²) < 4.78 is 0. The van der Waals surface area contributed by atoms with E-state index >= 15 is 0 Å². The van der Waals surface area contributed by atoms with E-state index in [0.717, 1.165) is 24.3 Å². The van der Waals surface area contributed by atoms with E-state index in [1.165, 1.54) is 57.1 Å². The van der Waals surface area contributed by atoms with Crippen LogP contribution in [0.2, 0.25) is 0 Å². The van der Waals surface area contributed by atoms with Gasteiger partial charge in [-0.2, -0.15) is 0 Å². The molecular formula is C19H29N. The molecule has 20 heavy (non-hydrogen) atoms. The first kappa shape index (κ1) is 14.1. The van der Waals surface area contributed by atoms with Gasteiger partial charge in [0, 0.05) is 6.54 Å². The third-order valence-corrected chi connectivity index (χ3v) is 5.36. The fraction of sp³-hybridized carbons (Fsp3) is 0.684. The molecule has 0 atom stereocenters. The fourth-order valence-corrected chi connectivity index (χ4v) is 3.74. The van der Waals surface area contributed by atoms with E-state index < -0.39 is 0 Å². The van der Waals surface area contributed by atoms with Gasteiger partial charge in [0.05, 0.1) is 0 Å². The van der Waals surface area contributed by atoms with Gasteiger partial charge in [-0.15, -0.1) is 0 Å². The monoisotopic (exact) mass is 271 g/mol. The van der Waals surface area contributed by atoms with Gasteiger partial charge in [-0.3, -0.25) is 0 Å². The molecule has 2 saturated carbocycles. The molecule has 0 aromatic heterocycles. The third kappa shape index (κ3) is 3.63. The van der Waals surface area contributed by atoms with E-state index in [9.17, 15) is 0 Å². The zero-order valence-corrected chi connectivity index (χ0v) is 12.9. The predicted molar refractivity (Wildman–Crippen MR) is 85.9 cm³/mol. The summed E-state index contributed by atoms with van der Waals surface area (Å²) in [6.07, 6.45) is 9.99. The molecule has 1 N–H and O–H groups in total. The lowest BCUT2D eigenvalue weighted by atomic mass is 9.81. The Morgan fingerprint density at radius 3 is 2.35 bits per heavy atom. The minimum Gasteiger partial charge on any atom is -0.312 e. The van der Waals surface area contributed by atoms with Gasteiger partial charge in [0.15, 0.2) is 0 Å². The van der Waals surface area contributed by atoms with Crippen LogP contribution >= 0.6 is 0 Å². The van der Waals surface area contributed by atoms with Crippen molar-refractivity contribution in [3.8, 4) is 0 Å². The zero-order chi connectivity index (χ0) is 13.8. The van der Waals surface area contributed by atoms with Crippen LogP contribution in [0.4, 0.5) is 0 Å². The third-order valence-electron chi connectivity index (χ3n) is 5.36. The molecule has 1 nitrogen and oxygen atoms in total. The van der Waals surface area contributed by atoms with Gasteiger partial charge in [0.25, 0.3) is 0 Å². The van der Waals surface area contributed by atoms with Crippen LogP contribution in [0.3, 0.4) is 0 Å². The van der Waals surface area contributed by atoms with Crippen LogP contribution in [0.5, 0.6) is 0 Å². The zero-order valence-electron chi connectivity index (χ0n) is 12.9. The Labute approximate surface area is 124 Å². The van der Waals surface area contributed by atoms with Crippen molar-refractivity contribution in [2.75, 3.05) is 6.54 Å². The largest absolute Gasteiger partial charge is 0.312 e. The highest BCUT2D eigenvalue weighted by Gasteiger charge is 2.25. The molecular weight excluding hydrogens is 242 g/mol. The van der Waals surface area contributed by atoms with Gasteiger partial charge in [-0.1, -0.05) is 50.5 Å². The first-order valence-electron chi connectivity index (χ1n) is 8.65. The van der Waals surface area contributed by atoms with Crippen LogP contribution < -0.4 is 5.32 Å². The SMILES string of the molecule is CCC1CCC(CNCc2ccccc2C2CC2)CC1. The Hall–Kier alpha value is -0.820. The molecule has 1 aromatic carbocycles. The number of hydrogen-bond donors (Lipinski definition) is 1. The van der Waals surface area contributed by atoms with Crippen LogP contribution in [-0.2, 0) is 6.54 Å². The van der Waals surface area contributed by atoms with E-state index in [0.29, 0.717) is 0 Å². The summed E-state index contributed by atoms with van der Waals surface area (Å²) in [5.41, 5.74) is 3.15. The molecule has 0 aliphatic heterocycles. The summed E-state index contributed by atoms with van der Waals surface area (Å²) in [7, 11) is 0. The lowest BCUT2D eigenvalue weighted by Gasteiger charge is -2.28. The molecule has 0 spiro atoms. The van der Waals surface area contributed by atoms with Crippen LogP contribution in [0.15, 0.2) is 24.3 Å². The topological polar surface area (TPSA) is 12.0 Å². The maximum Gasteiger partial charge on any atom is 0.0208 e. The molecule has 2 aliphatic carbocycles. The van der Waals surface area contributed by atoms with Gasteiger partial charge in [-0.05, 0) is 61.1 Å². The van der Waals surface area contributed by atoms with Crippen molar-refractivity contribution in [3.63, 3.8) is 0 Å². The molecule has 0 unspecified atom stereocenters. The quantitative estimate of drug-likeness (QED) is 0.778. The maximum absolute atomic E-state index is 3.73. The minimum atomic E-state index is 0.869. The van der Waals surface area contributed by atoms with Gasteiger partial charge >= 0.3 is 0 Å². The number of hydrogen-bond acceptors (Lipinski definition) is 1. The standard InChI is InChI=1S/C19H29N/c1-2-15-7-9-16(10-8-15)13-20-14-18-5-3-4-6-19(18)17-11-12-17/h3-6,15-17,20H,2,7-14H2,1H3. The molecule has 0 radical (unpaired) electrons. The van der Waals surface area contributed by atoms with Crippen molar-refractivity contribution in [3.05, 3.63) is 35.4 Å². The van der Waals surface area contributed by atoms with Gasteiger partial charge in [0.2, 0.25) is 0 Å². The van der Waals surface area contributed by atoms with Crippen molar-refractivity contribution in [2.24, 2.45) is 11.8 Å². The Balaban J connectivity index is 1.44. The molecule has 0 bridgehead atoms. The van der Waals surface area contributed by atoms with E-state index in [-0.39, 0.29) is 0 Å². The summed E-state index contributed by atoms with van der Waals surface area (Å²) in [6, 6.07) is 9.04. The fourth-order valence-electron chi connectivity index (χ4n) is 3.74. The normalized spacial score (nSPS) is 26.6. The Morgan fingerprint density at radius 1 is 0.950 bits per heavy atom. The van der Waals surface area contributed by atoms with Crippen molar-refractivity contribution < 1.29 is 0 Å². The van der Waals surface area contributed by atoms with Gasteiger partial charge in [0.1, 0.15) is 0 Å². The highest BCUT2D eigenvalue weighted by molar-refractivity contribution is 5.33. The Morgan fingerprint density at radius 2 is 1.65 bits per heavy atom.